The van der Waals surface area contributed by atoms with Crippen LogP contribution in [0.4, 0.5) is 5.69 Å². The number of esters is 1. The molecular formula is C20H19N3O5S. The largest absolute Gasteiger partial charge is 0.423 e. The molecule has 1 heterocycles. The van der Waals surface area contributed by atoms with Gasteiger partial charge in [0.1, 0.15) is 5.75 Å². The first-order valence-corrected chi connectivity index (χ1v) is 10.5. The molecule has 3 rings (SSSR count). The van der Waals surface area contributed by atoms with E-state index >= 15 is 0 Å². The monoisotopic (exact) mass is 413 g/mol. The summed E-state index contributed by atoms with van der Waals surface area (Å²) in [4.78, 5) is 24.6. The average molecular weight is 413 g/mol. The quantitative estimate of drug-likeness (QED) is 0.509. The van der Waals surface area contributed by atoms with Crippen molar-refractivity contribution in [3.05, 3.63) is 71.5 Å². The average Bonchev–Trinajstić information content (AvgIpc) is 3.09. The van der Waals surface area contributed by atoms with E-state index in [1.807, 2.05) is 0 Å². The summed E-state index contributed by atoms with van der Waals surface area (Å²) in [7, 11) is -1.73. The first kappa shape index (κ1) is 20.3. The Morgan fingerprint density at radius 1 is 1.10 bits per heavy atom. The molecule has 1 N–H and O–H groups in total. The van der Waals surface area contributed by atoms with Crippen LogP contribution in [0.25, 0.3) is 0 Å². The molecule has 3 aromatic rings. The van der Waals surface area contributed by atoms with E-state index in [0.717, 1.165) is 6.26 Å². The zero-order valence-electron chi connectivity index (χ0n) is 16.0. The number of hydrogen-bond donors (Lipinski definition) is 1. The maximum absolute atomic E-state index is 12.5. The van der Waals surface area contributed by atoms with Gasteiger partial charge in [-0.05, 0) is 48.9 Å². The Morgan fingerprint density at radius 2 is 1.79 bits per heavy atom. The summed E-state index contributed by atoms with van der Waals surface area (Å²) >= 11 is 0. The van der Waals surface area contributed by atoms with Gasteiger partial charge in [0.15, 0.2) is 9.84 Å². The predicted octanol–water partition coefficient (Wildman–Crippen LogP) is 2.60. The fourth-order valence-electron chi connectivity index (χ4n) is 2.56. The number of ether oxygens (including phenoxy) is 1. The van der Waals surface area contributed by atoms with Crippen molar-refractivity contribution in [3.63, 3.8) is 0 Å². The fraction of sp³-hybridized carbons (Fsp3) is 0.150. The maximum atomic E-state index is 12.5. The van der Waals surface area contributed by atoms with Crippen LogP contribution in [0.1, 0.15) is 26.3 Å². The lowest BCUT2D eigenvalue weighted by atomic mass is 10.1. The zero-order valence-corrected chi connectivity index (χ0v) is 16.9. The number of nitrogens with one attached hydrogen (secondary N) is 1. The third-order valence-electron chi connectivity index (χ3n) is 4.15. The van der Waals surface area contributed by atoms with Crippen molar-refractivity contribution < 1.29 is 22.7 Å². The van der Waals surface area contributed by atoms with E-state index in [2.05, 4.69) is 10.4 Å². The number of sulfone groups is 1. The standard InChI is InChI=1S/C20H19N3O5S/c1-13-4-9-17(29(3,26)27)10-18(13)20(25)28-16-7-5-15(6-8-16)22-19(24)14-11-21-23(2)12-14/h4-12H,1-3H3,(H,22,24). The lowest BCUT2D eigenvalue weighted by Gasteiger charge is -2.09. The van der Waals surface area contributed by atoms with Crippen molar-refractivity contribution in [1.29, 1.82) is 0 Å². The third-order valence-corrected chi connectivity index (χ3v) is 5.26. The Labute approximate surface area is 168 Å². The number of aromatic nitrogens is 2. The summed E-state index contributed by atoms with van der Waals surface area (Å²) in [6.45, 7) is 1.69. The number of anilines is 1. The number of amides is 1. The summed E-state index contributed by atoms with van der Waals surface area (Å²) in [5.41, 5.74) is 1.71. The second-order valence-electron chi connectivity index (χ2n) is 6.52. The fourth-order valence-corrected chi connectivity index (χ4v) is 3.21. The van der Waals surface area contributed by atoms with Crippen LogP contribution in [-0.2, 0) is 16.9 Å². The van der Waals surface area contributed by atoms with Gasteiger partial charge in [0.2, 0.25) is 0 Å². The maximum Gasteiger partial charge on any atom is 0.343 e. The normalized spacial score (nSPS) is 11.1. The van der Waals surface area contributed by atoms with Gasteiger partial charge in [0.25, 0.3) is 5.91 Å². The van der Waals surface area contributed by atoms with E-state index in [4.69, 9.17) is 4.74 Å². The van der Waals surface area contributed by atoms with Crippen LogP contribution in [-0.4, -0.2) is 36.3 Å². The van der Waals surface area contributed by atoms with Gasteiger partial charge in [-0.3, -0.25) is 9.48 Å². The summed E-state index contributed by atoms with van der Waals surface area (Å²) in [5.74, 6) is -0.713. The number of nitrogens with zero attached hydrogens (tertiary/aromatic N) is 2. The molecule has 150 valence electrons. The number of hydrogen-bond acceptors (Lipinski definition) is 6. The van der Waals surface area contributed by atoms with Gasteiger partial charge >= 0.3 is 5.97 Å². The first-order valence-electron chi connectivity index (χ1n) is 8.56. The predicted molar refractivity (Wildman–Crippen MR) is 107 cm³/mol. The molecule has 0 fully saturated rings. The molecule has 0 radical (unpaired) electrons. The Kier molecular flexibility index (Phi) is 5.51. The SMILES string of the molecule is Cc1ccc(S(C)(=O)=O)cc1C(=O)Oc1ccc(NC(=O)c2cnn(C)c2)cc1. The number of aryl methyl sites for hydroxylation is 2. The van der Waals surface area contributed by atoms with Crippen LogP contribution in [0, 0.1) is 6.92 Å². The van der Waals surface area contributed by atoms with Crippen molar-refractivity contribution in [1.82, 2.24) is 9.78 Å². The van der Waals surface area contributed by atoms with Crippen molar-refractivity contribution in [2.24, 2.45) is 7.05 Å². The molecule has 1 amide bonds. The van der Waals surface area contributed by atoms with Crippen LogP contribution in [0.2, 0.25) is 0 Å². The van der Waals surface area contributed by atoms with Crippen molar-refractivity contribution in [3.8, 4) is 5.75 Å². The molecule has 0 aliphatic rings. The molecule has 0 bridgehead atoms. The highest BCUT2D eigenvalue weighted by molar-refractivity contribution is 7.90. The number of rotatable bonds is 5. The zero-order chi connectivity index (χ0) is 21.2. The molecule has 1 aromatic heterocycles. The summed E-state index contributed by atoms with van der Waals surface area (Å²) < 4.78 is 30.3. The van der Waals surface area contributed by atoms with E-state index in [1.54, 1.807) is 38.4 Å². The molecule has 2 aromatic carbocycles. The third kappa shape index (κ3) is 4.88. The second kappa shape index (κ2) is 7.88. The molecule has 8 nitrogen and oxygen atoms in total. The van der Waals surface area contributed by atoms with Gasteiger partial charge in [-0.15, -0.1) is 0 Å². The van der Waals surface area contributed by atoms with E-state index < -0.39 is 15.8 Å². The highest BCUT2D eigenvalue weighted by atomic mass is 32.2. The molecule has 0 atom stereocenters. The highest BCUT2D eigenvalue weighted by Gasteiger charge is 2.16. The van der Waals surface area contributed by atoms with Crippen LogP contribution < -0.4 is 10.1 Å². The highest BCUT2D eigenvalue weighted by Crippen LogP contribution is 2.21. The summed E-state index contributed by atoms with van der Waals surface area (Å²) in [5, 5.41) is 6.66. The van der Waals surface area contributed by atoms with E-state index in [-0.39, 0.29) is 22.1 Å². The second-order valence-corrected chi connectivity index (χ2v) is 8.54. The molecule has 0 aliphatic carbocycles. The lowest BCUT2D eigenvalue weighted by molar-refractivity contribution is 0.0733. The van der Waals surface area contributed by atoms with Gasteiger partial charge in [-0.1, -0.05) is 6.07 Å². The lowest BCUT2D eigenvalue weighted by Crippen LogP contribution is -2.12. The van der Waals surface area contributed by atoms with Crippen molar-refractivity contribution in [2.45, 2.75) is 11.8 Å². The molecule has 0 saturated carbocycles. The van der Waals surface area contributed by atoms with E-state index in [1.165, 1.54) is 35.1 Å². The van der Waals surface area contributed by atoms with Crippen LogP contribution in [0.5, 0.6) is 5.75 Å². The van der Waals surface area contributed by atoms with Gasteiger partial charge < -0.3 is 10.1 Å². The smallest absolute Gasteiger partial charge is 0.343 e. The van der Waals surface area contributed by atoms with Gasteiger partial charge in [-0.2, -0.15) is 5.10 Å². The summed E-state index contributed by atoms with van der Waals surface area (Å²) in [6.07, 6.45) is 4.13. The van der Waals surface area contributed by atoms with Crippen LogP contribution in [0.3, 0.4) is 0 Å². The molecule has 0 spiro atoms. The minimum atomic E-state index is -3.44. The van der Waals surface area contributed by atoms with Crippen molar-refractivity contribution in [2.75, 3.05) is 11.6 Å². The van der Waals surface area contributed by atoms with E-state index in [0.29, 0.717) is 16.8 Å². The Hall–Kier alpha value is -3.46. The molecule has 0 saturated heterocycles. The van der Waals surface area contributed by atoms with Gasteiger partial charge in [0.05, 0.1) is 22.2 Å². The minimum absolute atomic E-state index is 0.0449. The summed E-state index contributed by atoms with van der Waals surface area (Å²) in [6, 6.07) is 10.6. The Morgan fingerprint density at radius 3 is 2.38 bits per heavy atom. The van der Waals surface area contributed by atoms with Gasteiger partial charge in [0, 0.05) is 25.2 Å². The van der Waals surface area contributed by atoms with Crippen LogP contribution >= 0.6 is 0 Å². The van der Waals surface area contributed by atoms with Crippen molar-refractivity contribution >= 4 is 27.4 Å². The molecule has 29 heavy (non-hydrogen) atoms. The molecule has 9 heteroatoms. The number of carbonyl (C=O) groups is 2. The van der Waals surface area contributed by atoms with E-state index in [9.17, 15) is 18.0 Å². The number of benzene rings is 2. The molecule has 0 aliphatic heterocycles. The van der Waals surface area contributed by atoms with Crippen LogP contribution in [0.15, 0.2) is 59.8 Å². The topological polar surface area (TPSA) is 107 Å². The first-order chi connectivity index (χ1) is 13.6. The Balaban J connectivity index is 1.71. The van der Waals surface area contributed by atoms with Gasteiger partial charge in [-0.25, -0.2) is 13.2 Å². The molecule has 0 unspecified atom stereocenters. The Bertz CT molecular complexity index is 1180. The molecular weight excluding hydrogens is 394 g/mol. The minimum Gasteiger partial charge on any atom is -0.423 e. The number of carbonyl (C=O) groups excluding carboxylic acids is 2.